The van der Waals surface area contributed by atoms with Crippen molar-refractivity contribution in [2.24, 2.45) is 0 Å². The molecule has 0 aromatic rings. The topological polar surface area (TPSA) is 26.3 Å². The van der Waals surface area contributed by atoms with E-state index in [4.69, 9.17) is 0 Å². The van der Waals surface area contributed by atoms with E-state index in [9.17, 15) is 31.3 Å². The molecule has 2 nitrogen and oxygen atoms in total. The van der Waals surface area contributed by atoms with Crippen LogP contribution in [0.1, 0.15) is 19.3 Å². The summed E-state index contributed by atoms with van der Waals surface area (Å²) in [7, 11) is 0. The fourth-order valence-corrected chi connectivity index (χ4v) is 0.919. The quantitative estimate of drug-likeness (QED) is 0.425. The number of alkyl halides is 4. The summed E-state index contributed by atoms with van der Waals surface area (Å²) < 4.78 is 72.0. The number of hydrogen-bond acceptors (Lipinski definition) is 2. The first-order chi connectivity index (χ1) is 7.34. The zero-order valence-electron chi connectivity index (χ0n) is 7.91. The molecule has 0 radical (unpaired) electrons. The molecule has 0 spiro atoms. The van der Waals surface area contributed by atoms with Gasteiger partial charge in [-0.15, -0.1) is 0 Å². The first-order valence-corrected chi connectivity index (χ1v) is 4.19. The van der Waals surface area contributed by atoms with Crippen LogP contribution >= 0.6 is 0 Å². The molecule has 8 heteroatoms. The van der Waals surface area contributed by atoms with Gasteiger partial charge < -0.3 is 0 Å². The van der Waals surface area contributed by atoms with Crippen molar-refractivity contribution in [2.45, 2.75) is 25.4 Å². The molecule has 0 heterocycles. The predicted octanol–water partition coefficient (Wildman–Crippen LogP) is 3.34. The average Bonchev–Trinajstić information content (AvgIpc) is 2.16. The Kier molecular flexibility index (Phi) is 5.91. The second-order valence-corrected chi connectivity index (χ2v) is 2.79. The fourth-order valence-electron chi connectivity index (χ4n) is 0.919. The van der Waals surface area contributed by atoms with Gasteiger partial charge in [0.05, 0.1) is 6.67 Å². The van der Waals surface area contributed by atoms with E-state index in [1.54, 1.807) is 0 Å². The number of carbonyl (C=O) groups is 1. The standard InChI is InChI=1S/C8H8F6O2/c9-4-2-1-3-5(10)6(7(15)16-14)8(11,12)13/h1-4H2. The van der Waals surface area contributed by atoms with Crippen molar-refractivity contribution >= 4 is 5.97 Å². The van der Waals surface area contributed by atoms with E-state index >= 15 is 0 Å². The molecule has 0 aromatic heterocycles. The second kappa shape index (κ2) is 6.39. The summed E-state index contributed by atoms with van der Waals surface area (Å²) in [5.74, 6) is -4.30. The third-order valence-electron chi connectivity index (χ3n) is 1.61. The van der Waals surface area contributed by atoms with Crippen molar-refractivity contribution < 1.29 is 36.2 Å². The molecule has 0 aliphatic heterocycles. The SMILES string of the molecule is O=C(OF)C(=C(F)CCCCF)C(F)(F)F. The average molecular weight is 250 g/mol. The third-order valence-corrected chi connectivity index (χ3v) is 1.61. The molecule has 0 unspecified atom stereocenters. The summed E-state index contributed by atoms with van der Waals surface area (Å²) in [5, 5.41) is 0. The van der Waals surface area contributed by atoms with Gasteiger partial charge in [-0.2, -0.15) is 13.2 Å². The van der Waals surface area contributed by atoms with E-state index in [0.717, 1.165) is 0 Å². The van der Waals surface area contributed by atoms with E-state index in [0.29, 0.717) is 0 Å². The number of allylic oxidation sites excluding steroid dienone is 1. The van der Waals surface area contributed by atoms with E-state index in [-0.39, 0.29) is 12.8 Å². The summed E-state index contributed by atoms with van der Waals surface area (Å²) in [6, 6.07) is 0. The maximum Gasteiger partial charge on any atom is 0.426 e. The van der Waals surface area contributed by atoms with Gasteiger partial charge in [0.25, 0.3) is 0 Å². The Morgan fingerprint density at radius 2 is 1.75 bits per heavy atom. The van der Waals surface area contributed by atoms with Gasteiger partial charge in [0, 0.05) is 10.9 Å². The van der Waals surface area contributed by atoms with Crippen LogP contribution in [0.25, 0.3) is 0 Å². The van der Waals surface area contributed by atoms with Crippen molar-refractivity contribution in [1.82, 2.24) is 0 Å². The second-order valence-electron chi connectivity index (χ2n) is 2.79. The molecule has 0 bridgehead atoms. The Balaban J connectivity index is 4.85. The summed E-state index contributed by atoms with van der Waals surface area (Å²) in [4.78, 5) is 12.7. The molecule has 0 atom stereocenters. The fraction of sp³-hybridized carbons (Fsp3) is 0.625. The van der Waals surface area contributed by atoms with Gasteiger partial charge in [0.15, 0.2) is 5.57 Å². The van der Waals surface area contributed by atoms with E-state index in [2.05, 4.69) is 4.94 Å². The van der Waals surface area contributed by atoms with Gasteiger partial charge in [-0.3, -0.25) is 4.39 Å². The molecule has 16 heavy (non-hydrogen) atoms. The summed E-state index contributed by atoms with van der Waals surface area (Å²) in [6.07, 6.45) is -6.51. The van der Waals surface area contributed by atoms with Crippen LogP contribution in [0.4, 0.5) is 26.5 Å². The Morgan fingerprint density at radius 1 is 1.19 bits per heavy atom. The first-order valence-electron chi connectivity index (χ1n) is 4.19. The molecule has 94 valence electrons. The number of unbranched alkanes of at least 4 members (excludes halogenated alkanes) is 1. The molecule has 0 aromatic carbocycles. The molecule has 0 N–H and O–H groups in total. The van der Waals surface area contributed by atoms with Crippen molar-refractivity contribution in [1.29, 1.82) is 0 Å². The molecular weight excluding hydrogens is 242 g/mol. The lowest BCUT2D eigenvalue weighted by atomic mass is 10.1. The lowest BCUT2D eigenvalue weighted by Crippen LogP contribution is -2.22. The molecule has 0 amide bonds. The van der Waals surface area contributed by atoms with E-state index < -0.39 is 36.6 Å². The van der Waals surface area contributed by atoms with Crippen LogP contribution in [-0.4, -0.2) is 18.8 Å². The van der Waals surface area contributed by atoms with E-state index in [1.807, 2.05) is 0 Å². The number of hydrogen-bond donors (Lipinski definition) is 0. The monoisotopic (exact) mass is 250 g/mol. The highest BCUT2D eigenvalue weighted by Gasteiger charge is 2.43. The van der Waals surface area contributed by atoms with Crippen molar-refractivity contribution in [3.8, 4) is 0 Å². The minimum Gasteiger partial charge on any atom is -0.251 e. The molecule has 0 fully saturated rings. The van der Waals surface area contributed by atoms with Crippen molar-refractivity contribution in [2.75, 3.05) is 6.67 Å². The van der Waals surface area contributed by atoms with Crippen LogP contribution in [0.3, 0.4) is 0 Å². The maximum atomic E-state index is 12.9. The molecule has 0 saturated heterocycles. The van der Waals surface area contributed by atoms with Gasteiger partial charge in [-0.1, -0.05) is 0 Å². The summed E-state index contributed by atoms with van der Waals surface area (Å²) in [6.45, 7) is -0.817. The molecular formula is C8H8F6O2. The van der Waals surface area contributed by atoms with Gasteiger partial charge in [0.2, 0.25) is 0 Å². The summed E-state index contributed by atoms with van der Waals surface area (Å²) in [5.41, 5.74) is -2.33. The van der Waals surface area contributed by atoms with Gasteiger partial charge in [0.1, 0.15) is 5.83 Å². The number of halogens is 6. The molecule has 0 aliphatic rings. The van der Waals surface area contributed by atoms with Crippen LogP contribution in [0.15, 0.2) is 11.4 Å². The van der Waals surface area contributed by atoms with Crippen molar-refractivity contribution in [3.05, 3.63) is 11.4 Å². The Hall–Kier alpha value is -1.21. The minimum absolute atomic E-state index is 0.150. The first kappa shape index (κ1) is 14.8. The molecule has 0 aliphatic carbocycles. The largest absolute Gasteiger partial charge is 0.426 e. The Labute approximate surface area is 86.8 Å². The van der Waals surface area contributed by atoms with Crippen LogP contribution in [-0.2, 0) is 9.74 Å². The maximum absolute atomic E-state index is 12.9. The van der Waals surface area contributed by atoms with Crippen molar-refractivity contribution in [3.63, 3.8) is 0 Å². The van der Waals surface area contributed by atoms with E-state index in [1.165, 1.54) is 0 Å². The number of carbonyl (C=O) groups excluding carboxylic acids is 1. The van der Waals surface area contributed by atoms with Crippen LogP contribution in [0.2, 0.25) is 0 Å². The Morgan fingerprint density at radius 3 is 2.12 bits per heavy atom. The molecule has 0 saturated carbocycles. The van der Waals surface area contributed by atoms with Crippen LogP contribution in [0, 0.1) is 0 Å². The van der Waals surface area contributed by atoms with Gasteiger partial charge >= 0.3 is 12.1 Å². The third kappa shape index (κ3) is 4.54. The van der Waals surface area contributed by atoms with Crippen LogP contribution < -0.4 is 0 Å². The normalized spacial score (nSPS) is 13.4. The zero-order valence-corrected chi connectivity index (χ0v) is 7.91. The van der Waals surface area contributed by atoms with Gasteiger partial charge in [-0.25, -0.2) is 14.1 Å². The lowest BCUT2D eigenvalue weighted by Gasteiger charge is -2.09. The number of rotatable bonds is 5. The summed E-state index contributed by atoms with van der Waals surface area (Å²) >= 11 is 0. The predicted molar refractivity (Wildman–Crippen MR) is 41.2 cm³/mol. The minimum atomic E-state index is -5.34. The highest BCUT2D eigenvalue weighted by Crippen LogP contribution is 2.31. The molecule has 0 rings (SSSR count). The Bertz CT molecular complexity index is 270. The highest BCUT2D eigenvalue weighted by atomic mass is 19.4. The lowest BCUT2D eigenvalue weighted by molar-refractivity contribution is -0.187. The smallest absolute Gasteiger partial charge is 0.251 e. The highest BCUT2D eigenvalue weighted by molar-refractivity contribution is 5.89. The van der Waals surface area contributed by atoms with Crippen LogP contribution in [0.5, 0.6) is 0 Å². The van der Waals surface area contributed by atoms with Gasteiger partial charge in [-0.05, 0) is 12.8 Å². The zero-order chi connectivity index (χ0) is 12.8.